The van der Waals surface area contributed by atoms with E-state index in [2.05, 4.69) is 15.8 Å². The predicted octanol–water partition coefficient (Wildman–Crippen LogP) is -0.165. The molecule has 2 fully saturated rings. The van der Waals surface area contributed by atoms with Crippen LogP contribution in [0.2, 0.25) is 0 Å². The molecule has 2 aliphatic heterocycles. The smallest absolute Gasteiger partial charge is 0.328 e. The number of aromatic hydroxyl groups is 2. The van der Waals surface area contributed by atoms with Gasteiger partial charge >= 0.3 is 5.97 Å². The Kier molecular flexibility index (Phi) is 5.80. The minimum absolute atomic E-state index is 0.265. The van der Waals surface area contributed by atoms with Gasteiger partial charge in [0.1, 0.15) is 16.2 Å². The number of fused-ring (bicyclic) bond motifs is 1. The van der Waals surface area contributed by atoms with Crippen molar-refractivity contribution in [1.82, 2.24) is 10.3 Å². The summed E-state index contributed by atoms with van der Waals surface area (Å²) in [6.45, 7) is 4.63. The maximum atomic E-state index is 12.8. The number of nitrogens with one attached hydrogen (secondary N) is 2. The van der Waals surface area contributed by atoms with Gasteiger partial charge in [-0.2, -0.15) is 5.10 Å². The number of β-lactam (4-membered cyclic amide) rings is 1. The summed E-state index contributed by atoms with van der Waals surface area (Å²) >= 11 is 0. The monoisotopic (exact) mass is 468 g/mol. The van der Waals surface area contributed by atoms with Gasteiger partial charge in [-0.15, -0.1) is 0 Å². The molecule has 5 N–H and O–H groups in total. The van der Waals surface area contributed by atoms with Crippen LogP contribution >= 0.6 is 0 Å². The van der Waals surface area contributed by atoms with Crippen LogP contribution in [0, 0.1) is 5.92 Å². The largest absolute Gasteiger partial charge is 0.504 e. The summed E-state index contributed by atoms with van der Waals surface area (Å²) in [4.78, 5) is 37.0. The zero-order valence-corrected chi connectivity index (χ0v) is 18.3. The molecule has 0 spiro atoms. The maximum Gasteiger partial charge on any atom is 0.328 e. The van der Waals surface area contributed by atoms with Gasteiger partial charge in [0.05, 0.1) is 6.42 Å². The summed E-state index contributed by atoms with van der Waals surface area (Å²) in [5.74, 6) is -3.68. The van der Waals surface area contributed by atoms with E-state index < -0.39 is 49.8 Å². The Balaban J connectivity index is 1.79. The lowest BCUT2D eigenvalue weighted by molar-refractivity contribution is -0.156. The zero-order chi connectivity index (χ0) is 24.0. The lowest BCUT2D eigenvalue weighted by atomic mass is 9.97. The molecule has 2 aliphatic rings. The van der Waals surface area contributed by atoms with Crippen LogP contribution in [0.15, 0.2) is 23.3 Å². The van der Waals surface area contributed by atoms with Crippen LogP contribution in [0.25, 0.3) is 0 Å². The SMILES string of the molecule is CC(C)C(Nc1ccc(O)c(O)c1)C(=O)N/N=C/[C@@]1(C)[C@H](C(=O)O)N2C(=O)C[C@H]2S1(=O)=O. The van der Waals surface area contributed by atoms with Gasteiger partial charge in [-0.25, -0.2) is 18.6 Å². The van der Waals surface area contributed by atoms with E-state index in [4.69, 9.17) is 0 Å². The van der Waals surface area contributed by atoms with Gasteiger partial charge in [0.2, 0.25) is 5.91 Å². The van der Waals surface area contributed by atoms with Crippen molar-refractivity contribution in [2.45, 2.75) is 49.4 Å². The number of hydrogen-bond acceptors (Lipinski definition) is 9. The highest BCUT2D eigenvalue weighted by atomic mass is 32.2. The first-order chi connectivity index (χ1) is 14.8. The van der Waals surface area contributed by atoms with E-state index >= 15 is 0 Å². The summed E-state index contributed by atoms with van der Waals surface area (Å²) < 4.78 is 23.7. The fourth-order valence-electron chi connectivity index (χ4n) is 3.83. The van der Waals surface area contributed by atoms with Crippen molar-refractivity contribution in [3.63, 3.8) is 0 Å². The Hall–Kier alpha value is -3.35. The Morgan fingerprint density at radius 1 is 1.28 bits per heavy atom. The molecule has 2 saturated heterocycles. The predicted molar refractivity (Wildman–Crippen MR) is 113 cm³/mol. The van der Waals surface area contributed by atoms with E-state index in [1.807, 2.05) is 0 Å². The molecule has 1 aromatic rings. The molecule has 4 atom stereocenters. The number of carboxylic acid groups (broad SMARTS) is 1. The quantitative estimate of drug-likeness (QED) is 0.119. The number of carbonyl (C=O) groups excluding carboxylic acids is 2. The second kappa shape index (κ2) is 7.97. The van der Waals surface area contributed by atoms with Crippen molar-refractivity contribution in [3.05, 3.63) is 18.2 Å². The van der Waals surface area contributed by atoms with Gasteiger partial charge in [0.15, 0.2) is 27.4 Å². The van der Waals surface area contributed by atoms with Crippen molar-refractivity contribution in [1.29, 1.82) is 0 Å². The van der Waals surface area contributed by atoms with E-state index in [1.54, 1.807) is 13.8 Å². The molecule has 1 aromatic carbocycles. The molecule has 0 bridgehead atoms. The van der Waals surface area contributed by atoms with Crippen LogP contribution in [-0.2, 0) is 24.2 Å². The van der Waals surface area contributed by atoms with E-state index in [1.165, 1.54) is 18.2 Å². The second-order valence-corrected chi connectivity index (χ2v) is 10.7. The van der Waals surface area contributed by atoms with Crippen LogP contribution in [0.1, 0.15) is 27.2 Å². The molecule has 3 rings (SSSR count). The molecule has 0 radical (unpaired) electrons. The number of sulfone groups is 1. The average Bonchev–Trinajstić information content (AvgIpc) is 2.83. The number of anilines is 1. The Bertz CT molecular complexity index is 1100. The van der Waals surface area contributed by atoms with Crippen LogP contribution in [0.5, 0.6) is 11.5 Å². The third-order valence-corrected chi connectivity index (χ3v) is 8.38. The second-order valence-electron chi connectivity index (χ2n) is 8.23. The Labute approximate surface area is 183 Å². The van der Waals surface area contributed by atoms with Gasteiger partial charge < -0.3 is 25.5 Å². The molecule has 174 valence electrons. The average molecular weight is 468 g/mol. The van der Waals surface area contributed by atoms with Crippen molar-refractivity contribution < 1.29 is 38.1 Å². The van der Waals surface area contributed by atoms with Crippen LogP contribution in [0.4, 0.5) is 5.69 Å². The number of hydrazone groups is 1. The van der Waals surface area contributed by atoms with Gasteiger partial charge in [0, 0.05) is 18.0 Å². The number of carbonyl (C=O) groups is 3. The lowest BCUT2D eigenvalue weighted by Crippen LogP contribution is -2.57. The highest BCUT2D eigenvalue weighted by Gasteiger charge is 2.69. The fourth-order valence-corrected chi connectivity index (χ4v) is 6.04. The number of phenols is 2. The first-order valence-electron chi connectivity index (χ1n) is 9.71. The lowest BCUT2D eigenvalue weighted by Gasteiger charge is -2.35. The maximum absolute atomic E-state index is 12.8. The molecule has 0 aliphatic carbocycles. The zero-order valence-electron chi connectivity index (χ0n) is 17.5. The van der Waals surface area contributed by atoms with Crippen LogP contribution in [0.3, 0.4) is 0 Å². The molecular weight excluding hydrogens is 444 g/mol. The van der Waals surface area contributed by atoms with Crippen molar-refractivity contribution in [2.24, 2.45) is 11.0 Å². The standard InChI is InChI=1S/C19H24N4O8S/c1-9(2)15(21-10-4-5-11(24)12(25)6-10)17(27)22-20-8-19(3)16(18(28)29)23-13(26)7-14(23)32(19,30)31/h4-6,8-9,14-16,21,24-25H,7H2,1-3H3,(H,22,27)(H,28,29)/b20-8+/t14-,15?,16+,19+/m1/s1. The molecule has 2 amide bonds. The topological polar surface area (TPSA) is 186 Å². The molecule has 1 unspecified atom stereocenters. The summed E-state index contributed by atoms with van der Waals surface area (Å²) in [6.07, 6.45) is 0.551. The number of rotatable bonds is 7. The fraction of sp³-hybridized carbons (Fsp3) is 0.474. The number of aliphatic carboxylic acids is 1. The minimum atomic E-state index is -4.09. The highest BCUT2D eigenvalue weighted by Crippen LogP contribution is 2.45. The van der Waals surface area contributed by atoms with Crippen LogP contribution in [-0.4, -0.2) is 74.8 Å². The van der Waals surface area contributed by atoms with E-state index in [-0.39, 0.29) is 23.8 Å². The number of carboxylic acids is 1. The van der Waals surface area contributed by atoms with Crippen molar-refractivity contribution >= 4 is 39.5 Å². The van der Waals surface area contributed by atoms with Crippen LogP contribution < -0.4 is 10.7 Å². The van der Waals surface area contributed by atoms with Gasteiger partial charge in [-0.1, -0.05) is 13.8 Å². The summed E-state index contributed by atoms with van der Waals surface area (Å²) in [5.41, 5.74) is 2.56. The van der Waals surface area contributed by atoms with Crippen molar-refractivity contribution in [2.75, 3.05) is 5.32 Å². The third kappa shape index (κ3) is 3.61. The summed E-state index contributed by atoms with van der Waals surface area (Å²) in [5, 5.41) is 33.9. The van der Waals surface area contributed by atoms with Gasteiger partial charge in [0.25, 0.3) is 5.91 Å². The molecule has 2 heterocycles. The normalized spacial score (nSPS) is 27.1. The number of phenolic OH excluding ortho intramolecular Hbond substituents is 2. The minimum Gasteiger partial charge on any atom is -0.504 e. The Morgan fingerprint density at radius 3 is 2.47 bits per heavy atom. The Morgan fingerprint density at radius 2 is 1.94 bits per heavy atom. The van der Waals surface area contributed by atoms with Gasteiger partial charge in [-0.05, 0) is 25.0 Å². The van der Waals surface area contributed by atoms with E-state index in [0.717, 1.165) is 18.0 Å². The molecule has 12 nitrogen and oxygen atoms in total. The van der Waals surface area contributed by atoms with E-state index in [9.17, 15) is 38.1 Å². The van der Waals surface area contributed by atoms with Gasteiger partial charge in [-0.3, -0.25) is 9.59 Å². The molecule has 0 aromatic heterocycles. The number of nitrogens with zero attached hydrogens (tertiary/aromatic N) is 2. The summed E-state index contributed by atoms with van der Waals surface area (Å²) in [6, 6.07) is 1.41. The third-order valence-electron chi connectivity index (χ3n) is 5.72. The molecular formula is C19H24N4O8S. The number of amides is 2. The number of hydrogen-bond donors (Lipinski definition) is 5. The first-order valence-corrected chi connectivity index (χ1v) is 11.3. The summed E-state index contributed by atoms with van der Waals surface area (Å²) in [7, 11) is -4.09. The molecule has 13 heteroatoms. The highest BCUT2D eigenvalue weighted by molar-refractivity contribution is 7.94. The van der Waals surface area contributed by atoms with E-state index in [0.29, 0.717) is 5.69 Å². The first kappa shape index (κ1) is 23.3. The van der Waals surface area contributed by atoms with Crippen molar-refractivity contribution in [3.8, 4) is 11.5 Å². The molecule has 32 heavy (non-hydrogen) atoms. The molecule has 0 saturated carbocycles. The number of benzene rings is 1.